The number of rotatable bonds is 5. The Hall–Kier alpha value is -1.42. The summed E-state index contributed by atoms with van der Waals surface area (Å²) >= 11 is 1.75. The fourth-order valence-corrected chi connectivity index (χ4v) is 2.79. The van der Waals surface area contributed by atoms with Crippen molar-refractivity contribution in [3.8, 4) is 10.7 Å². The molecule has 0 atom stereocenters. The van der Waals surface area contributed by atoms with E-state index in [-0.39, 0.29) is 0 Å². The molecule has 0 aliphatic heterocycles. The minimum atomic E-state index is 0.846. The third-order valence-corrected chi connectivity index (χ3v) is 4.08. The van der Waals surface area contributed by atoms with Crippen LogP contribution >= 0.6 is 11.3 Å². The Morgan fingerprint density at radius 2 is 1.95 bits per heavy atom. The molecule has 2 heterocycles. The molecule has 2 aromatic rings. The van der Waals surface area contributed by atoms with Gasteiger partial charge < -0.3 is 5.32 Å². The van der Waals surface area contributed by atoms with Gasteiger partial charge in [0.05, 0.1) is 4.88 Å². The van der Waals surface area contributed by atoms with Gasteiger partial charge in [0.1, 0.15) is 5.82 Å². The maximum atomic E-state index is 4.70. The Bertz CT molecular complexity index is 561. The third kappa shape index (κ3) is 3.13. The second-order valence-corrected chi connectivity index (χ2v) is 5.95. The highest BCUT2D eigenvalue weighted by molar-refractivity contribution is 7.15. The number of hydrogen-bond donors (Lipinski definition) is 1. The zero-order chi connectivity index (χ0) is 13.8. The van der Waals surface area contributed by atoms with Crippen molar-refractivity contribution in [3.05, 3.63) is 28.3 Å². The molecular formula is C15H21N3S. The van der Waals surface area contributed by atoms with Crippen molar-refractivity contribution in [2.75, 3.05) is 11.9 Å². The summed E-state index contributed by atoms with van der Waals surface area (Å²) < 4.78 is 0. The van der Waals surface area contributed by atoms with Crippen molar-refractivity contribution < 1.29 is 0 Å². The minimum Gasteiger partial charge on any atom is -0.370 e. The zero-order valence-electron chi connectivity index (χ0n) is 12.1. The van der Waals surface area contributed by atoms with E-state index in [0.717, 1.165) is 41.6 Å². The van der Waals surface area contributed by atoms with Crippen LogP contribution < -0.4 is 5.32 Å². The highest BCUT2D eigenvalue weighted by atomic mass is 32.1. The van der Waals surface area contributed by atoms with Crippen LogP contribution in [0, 0.1) is 13.8 Å². The standard InChI is InChI=1S/C15H21N3S/c1-5-9-16-14-11(4)12(6-2)17-15(18-14)13-8-7-10(3)19-13/h7-8H,5-6,9H2,1-4H3,(H,16,17,18). The van der Waals surface area contributed by atoms with E-state index in [4.69, 9.17) is 9.97 Å². The summed E-state index contributed by atoms with van der Waals surface area (Å²) in [7, 11) is 0. The van der Waals surface area contributed by atoms with E-state index < -0.39 is 0 Å². The molecule has 0 aromatic carbocycles. The van der Waals surface area contributed by atoms with Gasteiger partial charge in [-0.15, -0.1) is 11.3 Å². The van der Waals surface area contributed by atoms with E-state index in [2.05, 4.69) is 45.1 Å². The van der Waals surface area contributed by atoms with Crippen LogP contribution in [0.15, 0.2) is 12.1 Å². The van der Waals surface area contributed by atoms with Gasteiger partial charge in [-0.05, 0) is 38.8 Å². The van der Waals surface area contributed by atoms with Crippen molar-refractivity contribution >= 4 is 17.2 Å². The van der Waals surface area contributed by atoms with Crippen LogP contribution in [-0.4, -0.2) is 16.5 Å². The maximum Gasteiger partial charge on any atom is 0.171 e. The van der Waals surface area contributed by atoms with E-state index in [1.807, 2.05) is 0 Å². The second-order valence-electron chi connectivity index (χ2n) is 4.66. The average Bonchev–Trinajstić information content (AvgIpc) is 2.84. The first kappa shape index (κ1) is 14.0. The van der Waals surface area contributed by atoms with E-state index in [9.17, 15) is 0 Å². The third-order valence-electron chi connectivity index (χ3n) is 3.08. The molecule has 102 valence electrons. The van der Waals surface area contributed by atoms with Crippen molar-refractivity contribution in [1.82, 2.24) is 9.97 Å². The Labute approximate surface area is 119 Å². The van der Waals surface area contributed by atoms with E-state index in [0.29, 0.717) is 0 Å². The monoisotopic (exact) mass is 275 g/mol. The molecule has 0 amide bonds. The fourth-order valence-electron chi connectivity index (χ4n) is 1.99. The summed E-state index contributed by atoms with van der Waals surface area (Å²) in [5, 5.41) is 3.41. The van der Waals surface area contributed by atoms with Gasteiger partial charge in [-0.2, -0.15) is 0 Å². The molecule has 0 radical (unpaired) electrons. The lowest BCUT2D eigenvalue weighted by Gasteiger charge is -2.12. The Morgan fingerprint density at radius 3 is 2.53 bits per heavy atom. The van der Waals surface area contributed by atoms with Crippen molar-refractivity contribution in [2.24, 2.45) is 0 Å². The van der Waals surface area contributed by atoms with Gasteiger partial charge in [0.2, 0.25) is 0 Å². The van der Waals surface area contributed by atoms with Gasteiger partial charge in [-0.1, -0.05) is 13.8 Å². The summed E-state index contributed by atoms with van der Waals surface area (Å²) in [4.78, 5) is 11.8. The molecule has 2 rings (SSSR count). The summed E-state index contributed by atoms with van der Waals surface area (Å²) in [5.41, 5.74) is 2.31. The number of anilines is 1. The average molecular weight is 275 g/mol. The smallest absolute Gasteiger partial charge is 0.171 e. The van der Waals surface area contributed by atoms with Gasteiger partial charge in [0.25, 0.3) is 0 Å². The molecule has 19 heavy (non-hydrogen) atoms. The first-order chi connectivity index (χ1) is 9.15. The lowest BCUT2D eigenvalue weighted by Crippen LogP contribution is -2.08. The van der Waals surface area contributed by atoms with Gasteiger partial charge in [0.15, 0.2) is 5.82 Å². The SMILES string of the molecule is CCCNc1nc(-c2ccc(C)s2)nc(CC)c1C. The summed E-state index contributed by atoms with van der Waals surface area (Å²) in [6.45, 7) is 9.46. The highest BCUT2D eigenvalue weighted by Crippen LogP contribution is 2.27. The van der Waals surface area contributed by atoms with E-state index in [1.54, 1.807) is 11.3 Å². The largest absolute Gasteiger partial charge is 0.370 e. The lowest BCUT2D eigenvalue weighted by molar-refractivity contribution is 0.937. The van der Waals surface area contributed by atoms with Gasteiger partial charge in [-0.3, -0.25) is 0 Å². The van der Waals surface area contributed by atoms with Crippen LogP contribution in [0.4, 0.5) is 5.82 Å². The summed E-state index contributed by atoms with van der Waals surface area (Å²) in [5.74, 6) is 1.83. The molecule has 0 fully saturated rings. The molecule has 1 N–H and O–H groups in total. The molecule has 3 nitrogen and oxygen atoms in total. The van der Waals surface area contributed by atoms with E-state index in [1.165, 1.54) is 10.4 Å². The topological polar surface area (TPSA) is 37.8 Å². The van der Waals surface area contributed by atoms with Crippen LogP contribution in [0.3, 0.4) is 0 Å². The first-order valence-electron chi connectivity index (χ1n) is 6.83. The molecule has 0 aliphatic carbocycles. The van der Waals surface area contributed by atoms with Crippen molar-refractivity contribution in [2.45, 2.75) is 40.5 Å². The summed E-state index contributed by atoms with van der Waals surface area (Å²) in [6.07, 6.45) is 2.03. The zero-order valence-corrected chi connectivity index (χ0v) is 12.9. The second kappa shape index (κ2) is 6.15. The minimum absolute atomic E-state index is 0.846. The molecule has 0 aliphatic rings. The summed E-state index contributed by atoms with van der Waals surface area (Å²) in [6, 6.07) is 4.22. The molecule has 0 bridgehead atoms. The molecule has 0 spiro atoms. The predicted molar refractivity (Wildman–Crippen MR) is 83.0 cm³/mol. The Morgan fingerprint density at radius 1 is 1.16 bits per heavy atom. The molecule has 0 saturated carbocycles. The van der Waals surface area contributed by atoms with Gasteiger partial charge in [0, 0.05) is 22.7 Å². The number of nitrogens with zero attached hydrogens (tertiary/aromatic N) is 2. The molecule has 4 heteroatoms. The number of thiophene rings is 1. The molecule has 0 unspecified atom stereocenters. The van der Waals surface area contributed by atoms with Crippen LogP contribution in [-0.2, 0) is 6.42 Å². The highest BCUT2D eigenvalue weighted by Gasteiger charge is 2.12. The first-order valence-corrected chi connectivity index (χ1v) is 7.65. The van der Waals surface area contributed by atoms with Crippen molar-refractivity contribution in [1.29, 1.82) is 0 Å². The van der Waals surface area contributed by atoms with Crippen LogP contribution in [0.25, 0.3) is 10.7 Å². The lowest BCUT2D eigenvalue weighted by atomic mass is 10.2. The normalized spacial score (nSPS) is 10.7. The van der Waals surface area contributed by atoms with Crippen LogP contribution in [0.2, 0.25) is 0 Å². The number of nitrogens with one attached hydrogen (secondary N) is 1. The van der Waals surface area contributed by atoms with Crippen molar-refractivity contribution in [3.63, 3.8) is 0 Å². The van der Waals surface area contributed by atoms with Gasteiger partial charge in [-0.25, -0.2) is 9.97 Å². The molecular weight excluding hydrogens is 254 g/mol. The van der Waals surface area contributed by atoms with Crippen LogP contribution in [0.5, 0.6) is 0 Å². The number of aryl methyl sites for hydroxylation is 2. The Kier molecular flexibility index (Phi) is 4.53. The number of aromatic nitrogens is 2. The van der Waals surface area contributed by atoms with Gasteiger partial charge >= 0.3 is 0 Å². The quantitative estimate of drug-likeness (QED) is 0.888. The predicted octanol–water partition coefficient (Wildman–Crippen LogP) is 4.21. The molecule has 2 aromatic heterocycles. The Balaban J connectivity index is 2.44. The van der Waals surface area contributed by atoms with E-state index >= 15 is 0 Å². The molecule has 0 saturated heterocycles. The maximum absolute atomic E-state index is 4.70. The fraction of sp³-hybridized carbons (Fsp3) is 0.467. The number of hydrogen-bond acceptors (Lipinski definition) is 4. The van der Waals surface area contributed by atoms with Crippen LogP contribution in [0.1, 0.15) is 36.4 Å².